The van der Waals surface area contributed by atoms with Gasteiger partial charge in [-0.05, 0) is 76.0 Å². The highest BCUT2D eigenvalue weighted by Crippen LogP contribution is 2.39. The van der Waals surface area contributed by atoms with Crippen molar-refractivity contribution in [1.82, 2.24) is 19.4 Å². The summed E-state index contributed by atoms with van der Waals surface area (Å²) >= 11 is 0. The fourth-order valence-corrected chi connectivity index (χ4v) is 8.61. The third-order valence-corrected chi connectivity index (χ3v) is 11.7. The van der Waals surface area contributed by atoms with Crippen molar-refractivity contribution in [1.29, 1.82) is 5.26 Å². The number of hydrogen-bond donors (Lipinski definition) is 1. The molecule has 4 aliphatic heterocycles. The van der Waals surface area contributed by atoms with Crippen molar-refractivity contribution in [3.8, 4) is 6.07 Å². The third kappa shape index (κ3) is 6.54. The predicted octanol–water partition coefficient (Wildman–Crippen LogP) is 5.62. The van der Waals surface area contributed by atoms with Crippen LogP contribution in [0, 0.1) is 24.1 Å². The van der Waals surface area contributed by atoms with Crippen molar-refractivity contribution < 1.29 is 21.3 Å². The maximum absolute atomic E-state index is 15.5. The highest BCUT2D eigenvalue weighted by Gasteiger charge is 2.42. The Balaban J connectivity index is 1.50. The van der Waals surface area contributed by atoms with Crippen LogP contribution in [0.3, 0.4) is 0 Å². The van der Waals surface area contributed by atoms with E-state index in [4.69, 9.17) is 4.11 Å². The Bertz CT molecular complexity index is 1930. The maximum Gasteiger partial charge on any atom is 0.273 e. The monoisotopic (exact) mass is 655 g/mol. The highest BCUT2D eigenvalue weighted by molar-refractivity contribution is 7.91. The number of alkyl halides is 2. The number of nitrogens with one attached hydrogen (secondary N) is 1. The van der Waals surface area contributed by atoms with Gasteiger partial charge in [0.25, 0.3) is 11.5 Å². The first kappa shape index (κ1) is 28.8. The van der Waals surface area contributed by atoms with E-state index >= 15 is 8.78 Å². The van der Waals surface area contributed by atoms with Gasteiger partial charge in [-0.3, -0.25) is 9.36 Å². The minimum absolute atomic E-state index is 0.0572. The number of hydrogen-bond acceptors (Lipinski definition) is 8. The van der Waals surface area contributed by atoms with Gasteiger partial charge in [0.2, 0.25) is 0 Å². The second-order valence-electron chi connectivity index (χ2n) is 13.3. The Morgan fingerprint density at radius 2 is 1.80 bits per heavy atom. The average molecular weight is 656 g/mol. The van der Waals surface area contributed by atoms with Crippen LogP contribution in [0.4, 0.5) is 14.6 Å². The summed E-state index contributed by atoms with van der Waals surface area (Å²) in [5.41, 5.74) is -1.27. The highest BCUT2D eigenvalue weighted by atomic mass is 32.2. The molecule has 7 rings (SSSR count). The third-order valence-electron chi connectivity index (χ3n) is 10.0. The van der Waals surface area contributed by atoms with E-state index in [1.807, 2.05) is 0 Å². The SMILES string of the molecule is [2H]C([2H])([2H])c1nc2c3cc(C4(C#N)CCS(=O)(=O)CC4)c(=O)n(c3n1)CCCCCCN1CC(CCC(F)(F)c3cccc(c3)[C@@H](C)N2)C1. The number of aromatic nitrogens is 3. The first-order valence-electron chi connectivity index (χ1n) is 17.7. The lowest BCUT2D eigenvalue weighted by atomic mass is 9.77. The number of sulfone groups is 1. The Hall–Kier alpha value is -3.43. The molecule has 0 unspecified atom stereocenters. The number of pyridine rings is 1. The topological polar surface area (TPSA) is 121 Å². The lowest BCUT2D eigenvalue weighted by molar-refractivity contribution is -0.0291. The lowest BCUT2D eigenvalue weighted by Gasteiger charge is -2.40. The van der Waals surface area contributed by atoms with Crippen LogP contribution in [0.5, 0.6) is 0 Å². The van der Waals surface area contributed by atoms with Crippen LogP contribution in [0.2, 0.25) is 0 Å². The summed E-state index contributed by atoms with van der Waals surface area (Å²) in [7, 11) is -3.37. The summed E-state index contributed by atoms with van der Waals surface area (Å²) in [4.78, 5) is 25.4. The molecule has 4 aliphatic rings. The molecule has 0 aliphatic carbocycles. The molecule has 0 radical (unpaired) electrons. The van der Waals surface area contributed by atoms with Gasteiger partial charge in [0, 0.05) is 47.3 Å². The van der Waals surface area contributed by atoms with Crippen molar-refractivity contribution in [2.24, 2.45) is 5.92 Å². The fourth-order valence-electron chi connectivity index (χ4n) is 7.09. The molecule has 12 heteroatoms. The van der Waals surface area contributed by atoms with Crippen molar-refractivity contribution in [3.05, 3.63) is 63.2 Å². The molecule has 8 bridgehead atoms. The van der Waals surface area contributed by atoms with E-state index < -0.39 is 45.5 Å². The summed E-state index contributed by atoms with van der Waals surface area (Å²) < 4.78 is 81.5. The van der Waals surface area contributed by atoms with Gasteiger partial charge >= 0.3 is 0 Å². The number of aryl methyl sites for hydroxylation is 2. The number of halogens is 2. The molecule has 2 saturated heterocycles. The van der Waals surface area contributed by atoms with Gasteiger partial charge in [-0.25, -0.2) is 27.2 Å². The van der Waals surface area contributed by atoms with Gasteiger partial charge in [0.15, 0.2) is 0 Å². The quantitative estimate of drug-likeness (QED) is 0.359. The van der Waals surface area contributed by atoms with Crippen LogP contribution in [0.1, 0.15) is 91.0 Å². The molecule has 1 N–H and O–H groups in total. The van der Waals surface area contributed by atoms with E-state index in [0.717, 1.165) is 38.9 Å². The summed E-state index contributed by atoms with van der Waals surface area (Å²) in [5.74, 6) is -3.69. The fraction of sp³-hybridized carbons (Fsp3) is 0.588. The zero-order chi connectivity index (χ0) is 35.2. The molecule has 0 saturated carbocycles. The van der Waals surface area contributed by atoms with Crippen LogP contribution in [0.15, 0.2) is 35.1 Å². The minimum Gasteiger partial charge on any atom is -0.363 e. The van der Waals surface area contributed by atoms with Gasteiger partial charge in [-0.2, -0.15) is 5.26 Å². The Morgan fingerprint density at radius 3 is 2.52 bits per heavy atom. The second-order valence-corrected chi connectivity index (χ2v) is 15.6. The molecule has 2 aromatic heterocycles. The average Bonchev–Trinajstić information content (AvgIpc) is 3.03. The number of fused-ring (bicyclic) bond motifs is 8. The van der Waals surface area contributed by atoms with Gasteiger partial charge in [0.05, 0.1) is 28.4 Å². The molecular weight excluding hydrogens is 610 g/mol. The minimum atomic E-state index is -3.37. The van der Waals surface area contributed by atoms with Crippen LogP contribution < -0.4 is 10.9 Å². The van der Waals surface area contributed by atoms with E-state index in [-0.39, 0.29) is 71.2 Å². The summed E-state index contributed by atoms with van der Waals surface area (Å²) in [6, 6.07) is 9.28. The number of nitriles is 1. The van der Waals surface area contributed by atoms with Crippen molar-refractivity contribution >= 4 is 26.7 Å². The molecule has 46 heavy (non-hydrogen) atoms. The van der Waals surface area contributed by atoms with E-state index in [0.29, 0.717) is 18.4 Å². The number of anilines is 1. The lowest BCUT2D eigenvalue weighted by Crippen LogP contribution is -2.47. The smallest absolute Gasteiger partial charge is 0.273 e. The van der Waals surface area contributed by atoms with Gasteiger partial charge in [-0.1, -0.05) is 31.0 Å². The van der Waals surface area contributed by atoms with Gasteiger partial charge in [0.1, 0.15) is 27.1 Å². The van der Waals surface area contributed by atoms with Gasteiger partial charge in [-0.15, -0.1) is 0 Å². The number of benzene rings is 1. The molecule has 0 amide bonds. The Morgan fingerprint density at radius 1 is 1.07 bits per heavy atom. The van der Waals surface area contributed by atoms with Crippen molar-refractivity contribution in [2.75, 3.05) is 36.5 Å². The molecule has 6 heterocycles. The summed E-state index contributed by atoms with van der Waals surface area (Å²) in [5, 5.41) is 14.0. The van der Waals surface area contributed by atoms with Crippen molar-refractivity contribution in [3.63, 3.8) is 0 Å². The van der Waals surface area contributed by atoms with E-state index in [2.05, 4.69) is 26.3 Å². The summed E-state index contributed by atoms with van der Waals surface area (Å²) in [6.07, 6.45) is 3.21. The number of nitrogens with zero attached hydrogens (tertiary/aromatic N) is 5. The standard InChI is InChI=1S/C34H42F2N6O3S/c1-23-26-8-7-9-27(18-26)34(35,36)11-10-25-20-41(21-25)14-5-3-4-6-15-42-31-28(30(38-23)39-24(2)40-31)19-29(32(42)43)33(22-37)12-16-46(44,45)17-13-33/h7-9,18-19,23,25H,3-6,10-17,20-21H2,1-2H3,(H,38,39,40)/t23-/m1/s1/i2D3. The molecule has 0 spiro atoms. The molecular formula is C34H42F2N6O3S. The number of rotatable bonds is 1. The van der Waals surface area contributed by atoms with E-state index in [9.17, 15) is 18.5 Å². The molecule has 1 aromatic carbocycles. The molecule has 9 nitrogen and oxygen atoms in total. The van der Waals surface area contributed by atoms with Crippen LogP contribution in [-0.2, 0) is 27.7 Å². The van der Waals surface area contributed by atoms with Crippen LogP contribution in [-0.4, -0.2) is 59.0 Å². The summed E-state index contributed by atoms with van der Waals surface area (Å²) in [6.45, 7) is 1.70. The van der Waals surface area contributed by atoms with Crippen LogP contribution in [0.25, 0.3) is 11.0 Å². The van der Waals surface area contributed by atoms with Gasteiger partial charge < -0.3 is 10.2 Å². The van der Waals surface area contributed by atoms with Crippen LogP contribution >= 0.6 is 0 Å². The zero-order valence-electron chi connectivity index (χ0n) is 29.1. The van der Waals surface area contributed by atoms with E-state index in [1.165, 1.54) is 22.8 Å². The molecule has 246 valence electrons. The molecule has 3 aromatic rings. The largest absolute Gasteiger partial charge is 0.363 e. The molecule has 2 fully saturated rings. The Kier molecular flexibility index (Phi) is 7.91. The zero-order valence-corrected chi connectivity index (χ0v) is 26.9. The maximum atomic E-state index is 15.5. The molecule has 1 atom stereocenters. The Labute approximate surface area is 273 Å². The normalized spacial score (nSPS) is 27.4. The van der Waals surface area contributed by atoms with Crippen molar-refractivity contribution in [2.45, 2.75) is 89.1 Å². The first-order valence-corrected chi connectivity index (χ1v) is 18.0. The first-order chi connectivity index (χ1) is 23.1. The van der Waals surface area contributed by atoms with E-state index in [1.54, 1.807) is 19.1 Å². The predicted molar refractivity (Wildman–Crippen MR) is 174 cm³/mol. The second kappa shape index (κ2) is 12.6.